The minimum absolute atomic E-state index is 0.120. The first-order valence-electron chi connectivity index (χ1n) is 5.77. The average Bonchev–Trinajstić information content (AvgIpc) is 2.29. The fourth-order valence-corrected chi connectivity index (χ4v) is 1.45. The number of benzene rings is 1. The van der Waals surface area contributed by atoms with Gasteiger partial charge in [-0.2, -0.15) is 26.3 Å². The predicted octanol–water partition coefficient (Wildman–Crippen LogP) is 4.14. The molecule has 2 N–H and O–H groups in total. The molecule has 1 aromatic carbocycles. The van der Waals surface area contributed by atoms with E-state index in [-0.39, 0.29) is 18.2 Å². The van der Waals surface area contributed by atoms with Gasteiger partial charge in [0.05, 0.1) is 0 Å². The van der Waals surface area contributed by atoms with Crippen LogP contribution in [0.5, 0.6) is 0 Å². The third-order valence-electron chi connectivity index (χ3n) is 2.93. The summed E-state index contributed by atoms with van der Waals surface area (Å²) in [6.07, 6.45) is -11.5. The molecule has 0 heterocycles. The number of anilines is 1. The van der Waals surface area contributed by atoms with Gasteiger partial charge in [-0.3, -0.25) is 0 Å². The summed E-state index contributed by atoms with van der Waals surface area (Å²) in [6.45, 7) is 1.13. The van der Waals surface area contributed by atoms with E-state index in [0.717, 1.165) is 23.5 Å². The lowest BCUT2D eigenvalue weighted by molar-refractivity contribution is -0.297. The van der Waals surface area contributed by atoms with Crippen LogP contribution in [0, 0.1) is 12.7 Å². The normalized spacial score (nSPS) is 13.0. The molecule has 1 rings (SSSR count). The largest absolute Gasteiger partial charge is 0.420 e. The van der Waals surface area contributed by atoms with Crippen LogP contribution in [0.3, 0.4) is 0 Å². The van der Waals surface area contributed by atoms with Crippen molar-refractivity contribution in [1.82, 2.24) is 5.32 Å². The van der Waals surface area contributed by atoms with E-state index in [1.54, 1.807) is 0 Å². The van der Waals surface area contributed by atoms with E-state index in [1.807, 2.05) is 5.32 Å². The van der Waals surface area contributed by atoms with Gasteiger partial charge in [0, 0.05) is 5.69 Å². The zero-order chi connectivity index (χ0) is 17.3. The van der Waals surface area contributed by atoms with Crippen molar-refractivity contribution < 1.29 is 35.5 Å². The van der Waals surface area contributed by atoms with E-state index in [4.69, 9.17) is 0 Å². The van der Waals surface area contributed by atoms with Crippen LogP contribution in [0.1, 0.15) is 12.5 Å². The second-order valence-electron chi connectivity index (χ2n) is 4.66. The van der Waals surface area contributed by atoms with Gasteiger partial charge in [-0.25, -0.2) is 9.18 Å². The maximum atomic E-state index is 12.8. The molecule has 0 spiro atoms. The molecular weight excluding hydrogens is 321 g/mol. The third-order valence-corrected chi connectivity index (χ3v) is 2.93. The van der Waals surface area contributed by atoms with Crippen molar-refractivity contribution in [2.45, 2.75) is 31.7 Å². The smallest absolute Gasteiger partial charge is 0.316 e. The van der Waals surface area contributed by atoms with Crippen molar-refractivity contribution in [3.8, 4) is 0 Å². The number of hydrogen-bond donors (Lipinski definition) is 2. The van der Waals surface area contributed by atoms with Gasteiger partial charge in [-0.15, -0.1) is 0 Å². The molecule has 0 atom stereocenters. The summed E-state index contributed by atoms with van der Waals surface area (Å²) in [6, 6.07) is 1.16. The highest BCUT2D eigenvalue weighted by Gasteiger charge is 2.68. The Kier molecular flexibility index (Phi) is 4.64. The molecule has 2 amide bonds. The molecule has 0 aliphatic carbocycles. The summed E-state index contributed by atoms with van der Waals surface area (Å²) in [7, 11) is 0. The van der Waals surface area contributed by atoms with Crippen LogP contribution in [0.25, 0.3) is 0 Å². The van der Waals surface area contributed by atoms with Crippen molar-refractivity contribution in [2.24, 2.45) is 0 Å². The Morgan fingerprint density at radius 2 is 1.55 bits per heavy atom. The first-order chi connectivity index (χ1) is 9.78. The summed E-state index contributed by atoms with van der Waals surface area (Å²) < 4.78 is 88.6. The number of urea groups is 1. The van der Waals surface area contributed by atoms with E-state index < -0.39 is 29.7 Å². The first kappa shape index (κ1) is 18.1. The van der Waals surface area contributed by atoms with Crippen LogP contribution >= 0.6 is 0 Å². The Balaban J connectivity index is 2.99. The Bertz CT molecular complexity index is 552. The van der Waals surface area contributed by atoms with Crippen molar-refractivity contribution in [2.75, 3.05) is 5.32 Å². The predicted molar refractivity (Wildman–Crippen MR) is 63.8 cm³/mol. The number of carbonyl (C=O) groups excluding carboxylic acids is 1. The average molecular weight is 332 g/mol. The zero-order valence-electron chi connectivity index (χ0n) is 11.3. The van der Waals surface area contributed by atoms with Crippen LogP contribution in [-0.2, 0) is 0 Å². The monoisotopic (exact) mass is 332 g/mol. The molecule has 0 aliphatic heterocycles. The number of nitrogens with one attached hydrogen (secondary N) is 2. The van der Waals surface area contributed by atoms with Gasteiger partial charge in [-0.05, 0) is 37.6 Å². The highest BCUT2D eigenvalue weighted by molar-refractivity contribution is 5.90. The third kappa shape index (κ3) is 3.60. The number of rotatable bonds is 2. The van der Waals surface area contributed by atoms with E-state index in [1.165, 1.54) is 6.92 Å². The summed E-state index contributed by atoms with van der Waals surface area (Å²) in [5.41, 5.74) is -4.40. The Hall–Kier alpha value is -2.00. The molecular formula is C12H11F7N2O. The summed E-state index contributed by atoms with van der Waals surface area (Å²) in [4.78, 5) is 11.4. The number of halogens is 7. The lowest BCUT2D eigenvalue weighted by Gasteiger charge is -2.34. The molecule has 0 aromatic heterocycles. The van der Waals surface area contributed by atoms with Crippen LogP contribution in [0.15, 0.2) is 18.2 Å². The number of alkyl halides is 6. The lowest BCUT2D eigenvalue weighted by Crippen LogP contribution is -2.66. The molecule has 0 fully saturated rings. The summed E-state index contributed by atoms with van der Waals surface area (Å²) in [5.74, 6) is -0.668. The second kappa shape index (κ2) is 5.65. The number of carbonyl (C=O) groups is 1. The quantitative estimate of drug-likeness (QED) is 0.785. The molecule has 0 radical (unpaired) electrons. The molecule has 0 bridgehead atoms. The van der Waals surface area contributed by atoms with E-state index >= 15 is 0 Å². The molecule has 10 heteroatoms. The topological polar surface area (TPSA) is 41.1 Å². The van der Waals surface area contributed by atoms with Crippen molar-refractivity contribution in [1.29, 1.82) is 0 Å². The molecule has 1 aromatic rings. The Morgan fingerprint density at radius 1 is 1.05 bits per heavy atom. The highest BCUT2D eigenvalue weighted by Crippen LogP contribution is 2.42. The fourth-order valence-electron chi connectivity index (χ4n) is 1.45. The first-order valence-corrected chi connectivity index (χ1v) is 5.77. The molecule has 0 unspecified atom stereocenters. The van der Waals surface area contributed by atoms with E-state index in [9.17, 15) is 35.5 Å². The van der Waals surface area contributed by atoms with E-state index in [0.29, 0.717) is 0 Å². The standard InChI is InChI=1S/C12H11F7N2O/c1-6-5-7(13)3-4-8(6)20-9(22)21-10(2,11(14,15)16)12(17,18)19/h3-5H,1-2H3,(H2,20,21,22). The van der Waals surface area contributed by atoms with Gasteiger partial charge >= 0.3 is 18.4 Å². The number of hydrogen-bond acceptors (Lipinski definition) is 1. The SMILES string of the molecule is Cc1cc(F)ccc1NC(=O)NC(C)(C(F)(F)F)C(F)(F)F. The van der Waals surface area contributed by atoms with Crippen molar-refractivity contribution in [3.05, 3.63) is 29.6 Å². The lowest BCUT2D eigenvalue weighted by atomic mass is 10.0. The van der Waals surface area contributed by atoms with Crippen LogP contribution in [0.4, 0.5) is 41.2 Å². The van der Waals surface area contributed by atoms with Crippen LogP contribution < -0.4 is 10.6 Å². The Morgan fingerprint density at radius 3 is 1.95 bits per heavy atom. The maximum absolute atomic E-state index is 12.8. The van der Waals surface area contributed by atoms with Gasteiger partial charge in [0.25, 0.3) is 0 Å². The van der Waals surface area contributed by atoms with Gasteiger partial charge in [0.2, 0.25) is 5.54 Å². The van der Waals surface area contributed by atoms with Crippen LogP contribution in [-0.4, -0.2) is 23.9 Å². The molecule has 0 saturated heterocycles. The minimum Gasteiger partial charge on any atom is -0.316 e. The summed E-state index contributed by atoms with van der Waals surface area (Å²) >= 11 is 0. The molecule has 22 heavy (non-hydrogen) atoms. The maximum Gasteiger partial charge on any atom is 0.420 e. The number of aryl methyl sites for hydroxylation is 1. The number of amides is 2. The fraction of sp³-hybridized carbons (Fsp3) is 0.417. The van der Waals surface area contributed by atoms with Gasteiger partial charge in [-0.1, -0.05) is 0 Å². The van der Waals surface area contributed by atoms with Gasteiger partial charge in [0.1, 0.15) is 5.82 Å². The zero-order valence-corrected chi connectivity index (χ0v) is 11.3. The molecule has 0 aliphatic rings. The Labute approximate surface area is 120 Å². The van der Waals surface area contributed by atoms with Gasteiger partial charge < -0.3 is 10.6 Å². The molecule has 3 nitrogen and oxygen atoms in total. The van der Waals surface area contributed by atoms with E-state index in [2.05, 4.69) is 0 Å². The van der Waals surface area contributed by atoms with Crippen molar-refractivity contribution in [3.63, 3.8) is 0 Å². The van der Waals surface area contributed by atoms with Gasteiger partial charge in [0.15, 0.2) is 0 Å². The van der Waals surface area contributed by atoms with Crippen LogP contribution in [0.2, 0.25) is 0 Å². The minimum atomic E-state index is -5.75. The highest BCUT2D eigenvalue weighted by atomic mass is 19.4. The second-order valence-corrected chi connectivity index (χ2v) is 4.66. The molecule has 0 saturated carbocycles. The molecule has 124 valence electrons. The van der Waals surface area contributed by atoms with Crippen molar-refractivity contribution >= 4 is 11.7 Å². The summed E-state index contributed by atoms with van der Waals surface area (Å²) in [5, 5.41) is 2.69.